The van der Waals surface area contributed by atoms with Gasteiger partial charge in [0.25, 0.3) is 5.91 Å². The van der Waals surface area contributed by atoms with E-state index in [9.17, 15) is 9.59 Å². The molecule has 0 spiro atoms. The molecule has 0 atom stereocenters. The van der Waals surface area contributed by atoms with Gasteiger partial charge in [0.1, 0.15) is 13.2 Å². The van der Waals surface area contributed by atoms with Gasteiger partial charge in [0.15, 0.2) is 11.5 Å². The first-order valence-corrected chi connectivity index (χ1v) is 11.5. The summed E-state index contributed by atoms with van der Waals surface area (Å²) in [5.41, 5.74) is 1.17. The summed E-state index contributed by atoms with van der Waals surface area (Å²) in [6.07, 6.45) is 5.48. The third-order valence-corrected chi connectivity index (χ3v) is 6.82. The number of rotatable bonds is 8. The third kappa shape index (κ3) is 4.78. The molecule has 0 radical (unpaired) electrons. The zero-order valence-electron chi connectivity index (χ0n) is 17.1. The van der Waals surface area contributed by atoms with Gasteiger partial charge >= 0.3 is 0 Å². The Labute approximate surface area is 181 Å². The maximum absolute atomic E-state index is 12.4. The summed E-state index contributed by atoms with van der Waals surface area (Å²) >= 11 is 1.42. The minimum absolute atomic E-state index is 0.0317. The highest BCUT2D eigenvalue weighted by atomic mass is 32.1. The van der Waals surface area contributed by atoms with Crippen molar-refractivity contribution in [2.75, 3.05) is 26.3 Å². The molecule has 30 heavy (non-hydrogen) atoms. The fraction of sp³-hybridized carbons (Fsp3) is 0.478. The molecular weight excluding hydrogens is 400 g/mol. The Balaban J connectivity index is 1.27. The number of nitrogens with one attached hydrogen (secondary N) is 2. The Morgan fingerprint density at radius 3 is 2.60 bits per heavy atom. The van der Waals surface area contributed by atoms with Crippen LogP contribution in [0, 0.1) is 0 Å². The molecule has 1 aliphatic heterocycles. The maximum atomic E-state index is 12.4. The molecule has 1 fully saturated rings. The van der Waals surface area contributed by atoms with Gasteiger partial charge in [-0.2, -0.15) is 0 Å². The predicted octanol–water partition coefficient (Wildman–Crippen LogP) is 3.66. The van der Waals surface area contributed by atoms with E-state index in [0.717, 1.165) is 24.3 Å². The Bertz CT molecular complexity index is 875. The summed E-state index contributed by atoms with van der Waals surface area (Å²) in [6, 6.07) is 9.85. The van der Waals surface area contributed by atoms with Crippen LogP contribution < -0.4 is 20.1 Å². The molecule has 2 N–H and O–H groups in total. The van der Waals surface area contributed by atoms with Crippen molar-refractivity contribution in [2.45, 2.75) is 43.9 Å². The van der Waals surface area contributed by atoms with Gasteiger partial charge in [-0.1, -0.05) is 25.0 Å². The summed E-state index contributed by atoms with van der Waals surface area (Å²) in [5.74, 6) is 1.56. The molecule has 4 rings (SSSR count). The molecule has 2 aromatic rings. The average Bonchev–Trinajstić information content (AvgIpc) is 3.48. The number of benzene rings is 1. The second kappa shape index (κ2) is 9.51. The molecule has 0 unspecified atom stereocenters. The van der Waals surface area contributed by atoms with Crippen molar-refractivity contribution in [1.82, 2.24) is 10.6 Å². The molecule has 6 nitrogen and oxygen atoms in total. The first-order valence-electron chi connectivity index (χ1n) is 10.6. The SMILES string of the molecule is O=C(CCCNC(=O)c1cccs1)NCC1(c2ccc3c(c2)OCCO3)CCCC1. The summed E-state index contributed by atoms with van der Waals surface area (Å²) in [6.45, 7) is 2.29. The molecule has 1 aliphatic carbocycles. The molecule has 2 amide bonds. The molecular formula is C23H28N2O4S. The Morgan fingerprint density at radius 2 is 1.83 bits per heavy atom. The standard InChI is InChI=1S/C23H28N2O4S/c26-21(6-3-11-24-22(27)20-5-4-14-30-20)25-16-23(9-1-2-10-23)17-7-8-18-19(15-17)29-13-12-28-18/h4-5,7-8,14-15H,1-3,6,9-13,16H2,(H,24,27)(H,25,26). The molecule has 2 aliphatic rings. The zero-order valence-corrected chi connectivity index (χ0v) is 17.9. The van der Waals surface area contributed by atoms with Gasteiger partial charge < -0.3 is 20.1 Å². The molecule has 2 heterocycles. The number of fused-ring (bicyclic) bond motifs is 1. The molecule has 1 aromatic heterocycles. The van der Waals surface area contributed by atoms with Crippen molar-refractivity contribution in [2.24, 2.45) is 0 Å². The number of ether oxygens (including phenoxy) is 2. The van der Waals surface area contributed by atoms with E-state index in [4.69, 9.17) is 9.47 Å². The number of thiophene rings is 1. The van der Waals surface area contributed by atoms with Crippen molar-refractivity contribution >= 4 is 23.2 Å². The van der Waals surface area contributed by atoms with Gasteiger partial charge in [-0.15, -0.1) is 11.3 Å². The number of hydrogen-bond donors (Lipinski definition) is 2. The van der Waals surface area contributed by atoms with E-state index in [1.807, 2.05) is 17.5 Å². The second-order valence-corrected chi connectivity index (χ2v) is 8.91. The third-order valence-electron chi connectivity index (χ3n) is 5.95. The Morgan fingerprint density at radius 1 is 1.03 bits per heavy atom. The van der Waals surface area contributed by atoms with Crippen molar-refractivity contribution in [1.29, 1.82) is 0 Å². The topological polar surface area (TPSA) is 76.7 Å². The van der Waals surface area contributed by atoms with Crippen molar-refractivity contribution < 1.29 is 19.1 Å². The number of carbonyl (C=O) groups excluding carboxylic acids is 2. The minimum Gasteiger partial charge on any atom is -0.486 e. The minimum atomic E-state index is -0.0751. The Kier molecular flexibility index (Phi) is 6.57. The van der Waals surface area contributed by atoms with Crippen LogP contribution in [0.25, 0.3) is 0 Å². The van der Waals surface area contributed by atoms with Crippen molar-refractivity contribution in [3.63, 3.8) is 0 Å². The van der Waals surface area contributed by atoms with Crippen LogP contribution in [0.15, 0.2) is 35.7 Å². The van der Waals surface area contributed by atoms with Crippen LogP contribution in [0.5, 0.6) is 11.5 Å². The highest BCUT2D eigenvalue weighted by Crippen LogP contribution is 2.43. The smallest absolute Gasteiger partial charge is 0.261 e. The van der Waals surface area contributed by atoms with E-state index in [1.54, 1.807) is 6.07 Å². The largest absolute Gasteiger partial charge is 0.486 e. The lowest BCUT2D eigenvalue weighted by molar-refractivity contribution is -0.121. The van der Waals surface area contributed by atoms with Crippen LogP contribution in [-0.4, -0.2) is 38.1 Å². The van der Waals surface area contributed by atoms with Gasteiger partial charge in [0, 0.05) is 24.9 Å². The van der Waals surface area contributed by atoms with Crippen LogP contribution in [0.1, 0.15) is 53.8 Å². The number of hydrogen-bond acceptors (Lipinski definition) is 5. The lowest BCUT2D eigenvalue weighted by Gasteiger charge is -2.31. The monoisotopic (exact) mass is 428 g/mol. The van der Waals surface area contributed by atoms with E-state index in [0.29, 0.717) is 44.0 Å². The molecule has 0 saturated heterocycles. The lowest BCUT2D eigenvalue weighted by atomic mass is 9.78. The normalized spacial score (nSPS) is 16.8. The van der Waals surface area contributed by atoms with Crippen molar-refractivity contribution in [3.8, 4) is 11.5 Å². The molecule has 160 valence electrons. The molecule has 0 bridgehead atoms. The van der Waals surface area contributed by atoms with Crippen LogP contribution in [0.4, 0.5) is 0 Å². The van der Waals surface area contributed by atoms with Gasteiger partial charge in [-0.05, 0) is 48.4 Å². The lowest BCUT2D eigenvalue weighted by Crippen LogP contribution is -2.39. The average molecular weight is 429 g/mol. The number of amides is 2. The zero-order chi connectivity index (χ0) is 20.8. The van der Waals surface area contributed by atoms with Gasteiger partial charge in [0.05, 0.1) is 4.88 Å². The fourth-order valence-corrected chi connectivity index (χ4v) is 4.93. The quantitative estimate of drug-likeness (QED) is 0.629. The van der Waals surface area contributed by atoms with E-state index >= 15 is 0 Å². The van der Waals surface area contributed by atoms with Crippen LogP contribution in [0.3, 0.4) is 0 Å². The van der Waals surface area contributed by atoms with E-state index in [1.165, 1.54) is 29.7 Å². The summed E-state index contributed by atoms with van der Waals surface area (Å²) in [7, 11) is 0. The number of carbonyl (C=O) groups is 2. The maximum Gasteiger partial charge on any atom is 0.261 e. The second-order valence-electron chi connectivity index (χ2n) is 7.96. The first-order chi connectivity index (χ1) is 14.7. The van der Waals surface area contributed by atoms with Crippen molar-refractivity contribution in [3.05, 3.63) is 46.2 Å². The highest BCUT2D eigenvalue weighted by molar-refractivity contribution is 7.12. The summed E-state index contributed by atoms with van der Waals surface area (Å²) in [4.78, 5) is 25.0. The summed E-state index contributed by atoms with van der Waals surface area (Å²) in [5, 5.41) is 7.88. The van der Waals surface area contributed by atoms with E-state index < -0.39 is 0 Å². The van der Waals surface area contributed by atoms with E-state index in [-0.39, 0.29) is 17.2 Å². The van der Waals surface area contributed by atoms with E-state index in [2.05, 4.69) is 22.8 Å². The predicted molar refractivity (Wildman–Crippen MR) is 116 cm³/mol. The van der Waals surface area contributed by atoms with Crippen LogP contribution in [0.2, 0.25) is 0 Å². The van der Waals surface area contributed by atoms with Crippen LogP contribution >= 0.6 is 11.3 Å². The van der Waals surface area contributed by atoms with Gasteiger partial charge in [-0.3, -0.25) is 9.59 Å². The van der Waals surface area contributed by atoms with Gasteiger partial charge in [-0.25, -0.2) is 0 Å². The summed E-state index contributed by atoms with van der Waals surface area (Å²) < 4.78 is 11.4. The highest BCUT2D eigenvalue weighted by Gasteiger charge is 2.36. The first kappa shape index (κ1) is 20.7. The Hall–Kier alpha value is -2.54. The van der Waals surface area contributed by atoms with Gasteiger partial charge in [0.2, 0.25) is 5.91 Å². The molecule has 1 aromatic carbocycles. The van der Waals surface area contributed by atoms with Crippen LogP contribution in [-0.2, 0) is 10.2 Å². The molecule has 7 heteroatoms. The molecule has 1 saturated carbocycles. The fourth-order valence-electron chi connectivity index (χ4n) is 4.29.